The SMILES string of the molecule is Cc1nc(-c2ccccc2)ncc1C(=O)N1CC[C@@H]2CC[C@H](C1)N2C. The Labute approximate surface area is 148 Å². The fraction of sp³-hybridized carbons (Fsp3) is 0.450. The summed E-state index contributed by atoms with van der Waals surface area (Å²) in [6.45, 7) is 3.54. The monoisotopic (exact) mass is 336 g/mol. The fourth-order valence-electron chi connectivity index (χ4n) is 4.07. The molecule has 0 radical (unpaired) electrons. The first-order valence-electron chi connectivity index (χ1n) is 9.04. The third kappa shape index (κ3) is 3.04. The highest BCUT2D eigenvalue weighted by molar-refractivity contribution is 5.95. The topological polar surface area (TPSA) is 49.3 Å². The second-order valence-electron chi connectivity index (χ2n) is 7.15. The van der Waals surface area contributed by atoms with Crippen LogP contribution in [0.15, 0.2) is 36.5 Å². The van der Waals surface area contributed by atoms with Crippen molar-refractivity contribution < 1.29 is 4.79 Å². The Kier molecular flexibility index (Phi) is 4.25. The first-order chi connectivity index (χ1) is 12.1. The summed E-state index contributed by atoms with van der Waals surface area (Å²) in [5.74, 6) is 0.738. The van der Waals surface area contributed by atoms with Crippen LogP contribution in [0.5, 0.6) is 0 Å². The molecule has 5 heteroatoms. The van der Waals surface area contributed by atoms with Gasteiger partial charge in [0.25, 0.3) is 5.91 Å². The Hall–Kier alpha value is -2.27. The van der Waals surface area contributed by atoms with E-state index in [1.54, 1.807) is 6.20 Å². The van der Waals surface area contributed by atoms with E-state index in [9.17, 15) is 4.79 Å². The van der Waals surface area contributed by atoms with Crippen LogP contribution in [-0.2, 0) is 0 Å². The number of aromatic nitrogens is 2. The molecule has 2 saturated heterocycles. The first kappa shape index (κ1) is 16.2. The third-order valence-electron chi connectivity index (χ3n) is 5.68. The average molecular weight is 336 g/mol. The minimum atomic E-state index is 0.0676. The maximum atomic E-state index is 13.0. The maximum absolute atomic E-state index is 13.0. The number of hydrogen-bond donors (Lipinski definition) is 0. The highest BCUT2D eigenvalue weighted by Gasteiger charge is 2.36. The summed E-state index contributed by atoms with van der Waals surface area (Å²) < 4.78 is 0. The van der Waals surface area contributed by atoms with E-state index in [1.807, 2.05) is 42.2 Å². The third-order valence-corrected chi connectivity index (χ3v) is 5.68. The van der Waals surface area contributed by atoms with Crippen LogP contribution in [0.2, 0.25) is 0 Å². The second kappa shape index (κ2) is 6.56. The number of benzene rings is 1. The van der Waals surface area contributed by atoms with Crippen LogP contribution >= 0.6 is 0 Å². The van der Waals surface area contributed by atoms with E-state index in [-0.39, 0.29) is 5.91 Å². The summed E-state index contributed by atoms with van der Waals surface area (Å²) in [6.07, 6.45) is 5.20. The van der Waals surface area contributed by atoms with E-state index in [2.05, 4.69) is 21.9 Å². The van der Waals surface area contributed by atoms with Gasteiger partial charge in [-0.15, -0.1) is 0 Å². The van der Waals surface area contributed by atoms with Gasteiger partial charge in [0, 0.05) is 36.9 Å². The lowest BCUT2D eigenvalue weighted by Gasteiger charge is -2.26. The molecule has 0 N–H and O–H groups in total. The van der Waals surface area contributed by atoms with E-state index in [0.29, 0.717) is 23.5 Å². The number of carbonyl (C=O) groups is 1. The number of carbonyl (C=O) groups excluding carboxylic acids is 1. The molecule has 2 aliphatic rings. The quantitative estimate of drug-likeness (QED) is 0.846. The zero-order valence-electron chi connectivity index (χ0n) is 14.9. The van der Waals surface area contributed by atoms with Crippen LogP contribution in [0.4, 0.5) is 0 Å². The van der Waals surface area contributed by atoms with Gasteiger partial charge in [-0.2, -0.15) is 0 Å². The van der Waals surface area contributed by atoms with Gasteiger partial charge in [-0.3, -0.25) is 9.69 Å². The molecule has 130 valence electrons. The molecule has 2 atom stereocenters. The summed E-state index contributed by atoms with van der Waals surface area (Å²) >= 11 is 0. The number of nitrogens with zero attached hydrogens (tertiary/aromatic N) is 4. The van der Waals surface area contributed by atoms with Crippen molar-refractivity contribution in [2.45, 2.75) is 38.3 Å². The number of hydrogen-bond acceptors (Lipinski definition) is 4. The summed E-state index contributed by atoms with van der Waals surface area (Å²) in [6, 6.07) is 11.0. The van der Waals surface area contributed by atoms with Gasteiger partial charge < -0.3 is 4.90 Å². The van der Waals surface area contributed by atoms with Crippen molar-refractivity contribution in [2.24, 2.45) is 0 Å². The number of likely N-dealkylation sites (tertiary alicyclic amines) is 1. The molecule has 1 amide bonds. The van der Waals surface area contributed by atoms with Crippen LogP contribution < -0.4 is 0 Å². The largest absolute Gasteiger partial charge is 0.337 e. The molecule has 1 aromatic carbocycles. The Morgan fingerprint density at radius 3 is 2.64 bits per heavy atom. The highest BCUT2D eigenvalue weighted by Crippen LogP contribution is 2.29. The van der Waals surface area contributed by atoms with Crippen molar-refractivity contribution in [3.05, 3.63) is 47.8 Å². The molecule has 2 aliphatic heterocycles. The molecule has 4 rings (SSSR count). The Morgan fingerprint density at radius 1 is 1.12 bits per heavy atom. The fourth-order valence-corrected chi connectivity index (χ4v) is 4.07. The zero-order chi connectivity index (χ0) is 17.4. The predicted octanol–water partition coefficient (Wildman–Crippen LogP) is 2.76. The van der Waals surface area contributed by atoms with Crippen LogP contribution in [-0.4, -0.2) is 57.9 Å². The van der Waals surface area contributed by atoms with Crippen LogP contribution in [0, 0.1) is 6.92 Å². The predicted molar refractivity (Wildman–Crippen MR) is 97.3 cm³/mol. The highest BCUT2D eigenvalue weighted by atomic mass is 16.2. The van der Waals surface area contributed by atoms with Gasteiger partial charge in [0.05, 0.1) is 11.3 Å². The molecule has 3 heterocycles. The van der Waals surface area contributed by atoms with Crippen molar-refractivity contribution in [3.63, 3.8) is 0 Å². The van der Waals surface area contributed by atoms with E-state index < -0.39 is 0 Å². The van der Waals surface area contributed by atoms with Gasteiger partial charge in [-0.1, -0.05) is 30.3 Å². The number of amides is 1. The van der Waals surface area contributed by atoms with Crippen LogP contribution in [0.3, 0.4) is 0 Å². The van der Waals surface area contributed by atoms with Crippen LogP contribution in [0.25, 0.3) is 11.4 Å². The molecule has 25 heavy (non-hydrogen) atoms. The standard InChI is InChI=1S/C20H24N4O/c1-14-18(12-21-19(22-14)15-6-4-3-5-7-15)20(25)24-11-10-16-8-9-17(13-24)23(16)2/h3-7,12,16-17H,8-11,13H2,1-2H3/t16-,17+/m0/s1. The smallest absolute Gasteiger partial charge is 0.257 e. The van der Waals surface area contributed by atoms with Crippen molar-refractivity contribution in [1.82, 2.24) is 19.8 Å². The van der Waals surface area contributed by atoms with Crippen molar-refractivity contribution in [2.75, 3.05) is 20.1 Å². The van der Waals surface area contributed by atoms with Gasteiger partial charge in [0.15, 0.2) is 5.82 Å². The molecule has 1 aromatic heterocycles. The van der Waals surface area contributed by atoms with E-state index in [1.165, 1.54) is 12.8 Å². The number of rotatable bonds is 2. The van der Waals surface area contributed by atoms with E-state index >= 15 is 0 Å². The lowest BCUT2D eigenvalue weighted by atomic mass is 10.1. The number of fused-ring (bicyclic) bond motifs is 2. The van der Waals surface area contributed by atoms with E-state index in [0.717, 1.165) is 30.8 Å². The summed E-state index contributed by atoms with van der Waals surface area (Å²) in [4.78, 5) is 26.5. The van der Waals surface area contributed by atoms with Gasteiger partial charge in [-0.25, -0.2) is 9.97 Å². The van der Waals surface area contributed by atoms with Crippen LogP contribution in [0.1, 0.15) is 35.3 Å². The summed E-state index contributed by atoms with van der Waals surface area (Å²) in [5, 5.41) is 0. The molecule has 0 aliphatic carbocycles. The minimum Gasteiger partial charge on any atom is -0.337 e. The maximum Gasteiger partial charge on any atom is 0.257 e. The summed E-state index contributed by atoms with van der Waals surface area (Å²) in [5.41, 5.74) is 2.35. The Bertz CT molecular complexity index is 777. The lowest BCUT2D eigenvalue weighted by Crippen LogP contribution is -2.40. The Morgan fingerprint density at radius 2 is 1.88 bits per heavy atom. The van der Waals surface area contributed by atoms with Gasteiger partial charge in [0.2, 0.25) is 0 Å². The molecule has 2 aromatic rings. The van der Waals surface area contributed by atoms with Crippen molar-refractivity contribution in [3.8, 4) is 11.4 Å². The second-order valence-corrected chi connectivity index (χ2v) is 7.15. The number of likely N-dealkylation sites (N-methyl/N-ethyl adjacent to an activating group) is 1. The van der Waals surface area contributed by atoms with E-state index in [4.69, 9.17) is 0 Å². The van der Waals surface area contributed by atoms with Gasteiger partial charge >= 0.3 is 0 Å². The van der Waals surface area contributed by atoms with Gasteiger partial charge in [-0.05, 0) is 33.2 Å². The van der Waals surface area contributed by atoms with Crippen molar-refractivity contribution in [1.29, 1.82) is 0 Å². The summed E-state index contributed by atoms with van der Waals surface area (Å²) in [7, 11) is 2.19. The molecular weight excluding hydrogens is 312 g/mol. The minimum absolute atomic E-state index is 0.0676. The molecule has 0 saturated carbocycles. The first-order valence-corrected chi connectivity index (χ1v) is 9.04. The molecular formula is C20H24N4O. The molecule has 5 nitrogen and oxygen atoms in total. The molecule has 0 spiro atoms. The average Bonchev–Trinajstić information content (AvgIpc) is 2.87. The van der Waals surface area contributed by atoms with Gasteiger partial charge in [0.1, 0.15) is 0 Å². The zero-order valence-corrected chi connectivity index (χ0v) is 14.9. The normalized spacial score (nSPS) is 23.5. The lowest BCUT2D eigenvalue weighted by molar-refractivity contribution is 0.0738. The number of aryl methyl sites for hydroxylation is 1. The van der Waals surface area contributed by atoms with Crippen molar-refractivity contribution >= 4 is 5.91 Å². The Balaban J connectivity index is 1.56. The molecule has 0 unspecified atom stereocenters. The molecule has 2 bridgehead atoms. The molecule has 2 fully saturated rings.